The number of ether oxygens (including phenoxy) is 1. The van der Waals surface area contributed by atoms with Crippen molar-refractivity contribution in [1.29, 1.82) is 5.26 Å². The topological polar surface area (TPSA) is 53.3 Å². The molecule has 0 spiro atoms. The van der Waals surface area contributed by atoms with Gasteiger partial charge >= 0.3 is 6.09 Å². The number of likely N-dealkylation sites (tertiary alicyclic amines) is 1. The number of hydrogen-bond donors (Lipinski definition) is 0. The van der Waals surface area contributed by atoms with Gasteiger partial charge in [-0.2, -0.15) is 5.26 Å². The Labute approximate surface area is 128 Å². The Bertz CT molecular complexity index is 620. The first-order valence-electron chi connectivity index (χ1n) is 7.04. The second-order valence-corrected chi connectivity index (χ2v) is 6.39. The SMILES string of the molecule is CC(C)(C)OC(=O)N1CC(C#N)C(c2ccc(F)cc2F)C1. The van der Waals surface area contributed by atoms with Crippen LogP contribution in [0.15, 0.2) is 18.2 Å². The van der Waals surface area contributed by atoms with Gasteiger partial charge < -0.3 is 9.64 Å². The third-order valence-corrected chi connectivity index (χ3v) is 3.50. The van der Waals surface area contributed by atoms with Gasteiger partial charge in [0.05, 0.1) is 12.0 Å². The first kappa shape index (κ1) is 16.2. The Morgan fingerprint density at radius 3 is 2.59 bits per heavy atom. The van der Waals surface area contributed by atoms with Crippen LogP contribution < -0.4 is 0 Å². The van der Waals surface area contributed by atoms with E-state index in [-0.39, 0.29) is 18.7 Å². The first-order valence-corrected chi connectivity index (χ1v) is 7.04. The fourth-order valence-corrected chi connectivity index (χ4v) is 2.53. The summed E-state index contributed by atoms with van der Waals surface area (Å²) in [6, 6.07) is 5.37. The van der Waals surface area contributed by atoms with E-state index in [0.29, 0.717) is 0 Å². The minimum Gasteiger partial charge on any atom is -0.444 e. The molecule has 1 aromatic carbocycles. The van der Waals surface area contributed by atoms with Crippen molar-refractivity contribution in [3.8, 4) is 6.07 Å². The van der Waals surface area contributed by atoms with Crippen LogP contribution in [0.2, 0.25) is 0 Å². The molecule has 2 atom stereocenters. The van der Waals surface area contributed by atoms with Crippen molar-refractivity contribution in [3.63, 3.8) is 0 Å². The van der Waals surface area contributed by atoms with Crippen LogP contribution in [0.5, 0.6) is 0 Å². The number of halogens is 2. The van der Waals surface area contributed by atoms with E-state index in [9.17, 15) is 18.8 Å². The van der Waals surface area contributed by atoms with Crippen LogP contribution >= 0.6 is 0 Å². The van der Waals surface area contributed by atoms with E-state index >= 15 is 0 Å². The molecule has 2 rings (SSSR count). The molecular formula is C16H18F2N2O2. The van der Waals surface area contributed by atoms with Crippen molar-refractivity contribution in [2.45, 2.75) is 32.3 Å². The van der Waals surface area contributed by atoms with Gasteiger partial charge in [-0.3, -0.25) is 0 Å². The maximum atomic E-state index is 13.9. The molecule has 0 aliphatic carbocycles. The van der Waals surface area contributed by atoms with E-state index in [1.165, 1.54) is 11.0 Å². The van der Waals surface area contributed by atoms with Gasteiger partial charge in [-0.1, -0.05) is 6.07 Å². The molecule has 2 unspecified atom stereocenters. The molecular weight excluding hydrogens is 290 g/mol. The largest absolute Gasteiger partial charge is 0.444 e. The predicted molar refractivity (Wildman–Crippen MR) is 76.0 cm³/mol. The van der Waals surface area contributed by atoms with Crippen LogP contribution in [0.4, 0.5) is 13.6 Å². The van der Waals surface area contributed by atoms with Gasteiger partial charge in [0.25, 0.3) is 0 Å². The highest BCUT2D eigenvalue weighted by Crippen LogP contribution is 2.34. The van der Waals surface area contributed by atoms with Crippen molar-refractivity contribution in [3.05, 3.63) is 35.4 Å². The highest BCUT2D eigenvalue weighted by molar-refractivity contribution is 5.69. The normalized spacial score (nSPS) is 21.5. The lowest BCUT2D eigenvalue weighted by molar-refractivity contribution is 0.0289. The second kappa shape index (κ2) is 5.91. The zero-order chi connectivity index (χ0) is 16.5. The maximum Gasteiger partial charge on any atom is 0.410 e. The van der Waals surface area contributed by atoms with E-state index in [0.717, 1.165) is 12.1 Å². The molecule has 1 aliphatic rings. The molecule has 22 heavy (non-hydrogen) atoms. The number of carbonyl (C=O) groups is 1. The van der Waals surface area contributed by atoms with Gasteiger partial charge in [0.2, 0.25) is 0 Å². The van der Waals surface area contributed by atoms with E-state index in [1.54, 1.807) is 20.8 Å². The van der Waals surface area contributed by atoms with Crippen LogP contribution in [0.25, 0.3) is 0 Å². The zero-order valence-corrected chi connectivity index (χ0v) is 12.8. The molecule has 0 bridgehead atoms. The summed E-state index contributed by atoms with van der Waals surface area (Å²) < 4.78 is 32.2. The second-order valence-electron chi connectivity index (χ2n) is 6.39. The number of rotatable bonds is 1. The maximum absolute atomic E-state index is 13.9. The number of carbonyl (C=O) groups excluding carboxylic acids is 1. The summed E-state index contributed by atoms with van der Waals surface area (Å²) in [4.78, 5) is 13.5. The van der Waals surface area contributed by atoms with Gasteiger partial charge in [-0.05, 0) is 32.4 Å². The smallest absolute Gasteiger partial charge is 0.410 e. The minimum absolute atomic E-state index is 0.174. The molecule has 1 amide bonds. The van der Waals surface area contributed by atoms with Gasteiger partial charge in [0.15, 0.2) is 0 Å². The van der Waals surface area contributed by atoms with E-state index in [1.807, 2.05) is 0 Å². The molecule has 0 saturated carbocycles. The summed E-state index contributed by atoms with van der Waals surface area (Å²) in [6.45, 7) is 5.60. The number of nitriles is 1. The molecule has 0 N–H and O–H groups in total. The molecule has 1 heterocycles. The molecule has 1 aromatic rings. The lowest BCUT2D eigenvalue weighted by Crippen LogP contribution is -2.35. The minimum atomic E-state index is -0.698. The highest BCUT2D eigenvalue weighted by Gasteiger charge is 2.39. The number of benzene rings is 1. The van der Waals surface area contributed by atoms with Crippen LogP contribution in [-0.4, -0.2) is 29.7 Å². The van der Waals surface area contributed by atoms with Crippen molar-refractivity contribution in [2.75, 3.05) is 13.1 Å². The van der Waals surface area contributed by atoms with Crippen LogP contribution in [0, 0.1) is 28.9 Å². The molecule has 0 aromatic heterocycles. The number of hydrogen-bond acceptors (Lipinski definition) is 3. The zero-order valence-electron chi connectivity index (χ0n) is 12.8. The van der Waals surface area contributed by atoms with Crippen LogP contribution in [0.1, 0.15) is 32.3 Å². The van der Waals surface area contributed by atoms with Crippen LogP contribution in [-0.2, 0) is 4.74 Å². The predicted octanol–water partition coefficient (Wildman–Crippen LogP) is 3.44. The van der Waals surface area contributed by atoms with Crippen molar-refractivity contribution >= 4 is 6.09 Å². The Balaban J connectivity index is 2.20. The monoisotopic (exact) mass is 308 g/mol. The number of amides is 1. The standard InChI is InChI=1S/C16H18F2N2O2/c1-16(2,3)22-15(21)20-8-10(7-19)13(9-20)12-5-4-11(17)6-14(12)18/h4-6,10,13H,8-9H2,1-3H3. The Morgan fingerprint density at radius 1 is 1.36 bits per heavy atom. The summed E-state index contributed by atoms with van der Waals surface area (Å²) in [6.07, 6.45) is -0.530. The third kappa shape index (κ3) is 3.53. The van der Waals surface area contributed by atoms with Crippen molar-refractivity contribution in [2.24, 2.45) is 5.92 Å². The fraction of sp³-hybridized carbons (Fsp3) is 0.500. The molecule has 1 saturated heterocycles. The lowest BCUT2D eigenvalue weighted by Gasteiger charge is -2.24. The van der Waals surface area contributed by atoms with E-state index in [2.05, 4.69) is 6.07 Å². The van der Waals surface area contributed by atoms with Gasteiger partial charge in [-0.15, -0.1) is 0 Å². The molecule has 4 nitrogen and oxygen atoms in total. The van der Waals surface area contributed by atoms with Crippen molar-refractivity contribution < 1.29 is 18.3 Å². The van der Waals surface area contributed by atoms with Gasteiger partial charge in [0, 0.05) is 25.1 Å². The summed E-state index contributed by atoms with van der Waals surface area (Å²) >= 11 is 0. The molecule has 118 valence electrons. The Kier molecular flexibility index (Phi) is 4.36. The number of nitrogens with zero attached hydrogens (tertiary/aromatic N) is 2. The fourth-order valence-electron chi connectivity index (χ4n) is 2.53. The molecule has 1 fully saturated rings. The highest BCUT2D eigenvalue weighted by atomic mass is 19.1. The summed E-state index contributed by atoms with van der Waals surface area (Å²) in [7, 11) is 0. The third-order valence-electron chi connectivity index (χ3n) is 3.50. The Morgan fingerprint density at radius 2 is 2.05 bits per heavy atom. The molecule has 1 aliphatic heterocycles. The van der Waals surface area contributed by atoms with E-state index in [4.69, 9.17) is 4.74 Å². The van der Waals surface area contributed by atoms with E-state index < -0.39 is 35.2 Å². The van der Waals surface area contributed by atoms with Crippen LogP contribution in [0.3, 0.4) is 0 Å². The van der Waals surface area contributed by atoms with Gasteiger partial charge in [-0.25, -0.2) is 13.6 Å². The summed E-state index contributed by atoms with van der Waals surface area (Å²) in [5, 5.41) is 9.25. The Hall–Kier alpha value is -2.16. The lowest BCUT2D eigenvalue weighted by atomic mass is 9.89. The van der Waals surface area contributed by atoms with Gasteiger partial charge in [0.1, 0.15) is 17.2 Å². The first-order chi connectivity index (χ1) is 10.2. The average Bonchev–Trinajstić information content (AvgIpc) is 2.80. The van der Waals surface area contributed by atoms with Crippen molar-refractivity contribution in [1.82, 2.24) is 4.90 Å². The quantitative estimate of drug-likeness (QED) is 0.798. The molecule has 6 heteroatoms. The summed E-state index contributed by atoms with van der Waals surface area (Å²) in [5.41, 5.74) is -0.391. The summed E-state index contributed by atoms with van der Waals surface area (Å²) in [5.74, 6) is -2.40. The molecule has 0 radical (unpaired) electrons. The average molecular weight is 308 g/mol.